The molecule has 0 heterocycles. The van der Waals surface area contributed by atoms with Crippen LogP contribution < -0.4 is 0 Å². The van der Waals surface area contributed by atoms with Crippen molar-refractivity contribution < 1.29 is 18.3 Å². The maximum Gasteiger partial charge on any atom is 0.292 e. The van der Waals surface area contributed by atoms with Crippen molar-refractivity contribution in [2.45, 2.75) is 6.43 Å². The van der Waals surface area contributed by atoms with Gasteiger partial charge < -0.3 is 5.11 Å². The van der Waals surface area contributed by atoms with E-state index in [2.05, 4.69) is 0 Å². The summed E-state index contributed by atoms with van der Waals surface area (Å²) < 4.78 is 32.8. The minimum absolute atomic E-state index is 0.259. The molecule has 0 aliphatic heterocycles. The van der Waals surface area contributed by atoms with Gasteiger partial charge in [-0.3, -0.25) is 0 Å². The van der Waals surface area contributed by atoms with Gasteiger partial charge in [0.25, 0.3) is 6.43 Å². The van der Waals surface area contributed by atoms with Crippen molar-refractivity contribution >= 4 is 0 Å². The molecule has 0 rings (SSSR count). The fraction of sp³-hybridized carbons (Fsp3) is 0.333. The van der Waals surface area contributed by atoms with Gasteiger partial charge in [-0.2, -0.15) is 0 Å². The maximum atomic E-state index is 11.1. The molecule has 0 radical (unpaired) electrons. The number of hydrogen-bond donors (Lipinski definition) is 1. The Balaban J connectivity index is 3.56. The first-order valence-corrected chi connectivity index (χ1v) is 1.46. The van der Waals surface area contributed by atoms with Gasteiger partial charge in [-0.25, -0.2) is 13.2 Å². The fourth-order valence-corrected chi connectivity index (χ4v) is 0.0563. The van der Waals surface area contributed by atoms with Gasteiger partial charge in [0.15, 0.2) is 5.83 Å². The van der Waals surface area contributed by atoms with Crippen LogP contribution >= 0.6 is 0 Å². The predicted octanol–water partition coefficient (Wildman–Crippen LogP) is 1.62. The fourth-order valence-electron chi connectivity index (χ4n) is 0.0563. The molecule has 1 nitrogen and oxygen atoms in total. The summed E-state index contributed by atoms with van der Waals surface area (Å²) in [6.07, 6.45) is -3.45. The molecule has 0 aromatic rings. The van der Waals surface area contributed by atoms with E-state index in [0.29, 0.717) is 0 Å². The van der Waals surface area contributed by atoms with Gasteiger partial charge in [0.1, 0.15) is 6.26 Å². The van der Waals surface area contributed by atoms with E-state index in [0.717, 1.165) is 0 Å². The van der Waals surface area contributed by atoms with Crippen LogP contribution in [0, 0.1) is 0 Å². The molecule has 4 heteroatoms. The standard InChI is InChI=1S/C3H3F3O/c4-2(1-7)3(5)6/h1,3,7H/b2-1+. The van der Waals surface area contributed by atoms with Crippen molar-refractivity contribution in [3.8, 4) is 0 Å². The summed E-state index contributed by atoms with van der Waals surface area (Å²) in [5.41, 5.74) is 0. The average molecular weight is 112 g/mol. The normalized spacial score (nSPS) is 12.9. The molecule has 0 spiro atoms. The zero-order valence-corrected chi connectivity index (χ0v) is 3.24. The number of rotatable bonds is 1. The number of hydrogen-bond acceptors (Lipinski definition) is 1. The summed E-state index contributed by atoms with van der Waals surface area (Å²) in [6, 6.07) is 0. The third-order valence-electron chi connectivity index (χ3n) is 0.332. The third kappa shape index (κ3) is 2.08. The summed E-state index contributed by atoms with van der Waals surface area (Å²) >= 11 is 0. The Morgan fingerprint density at radius 2 is 2.00 bits per heavy atom. The Bertz CT molecular complexity index is 78.2. The molecule has 0 aliphatic rings. The SMILES string of the molecule is O/C=C(/F)C(F)F. The minimum Gasteiger partial charge on any atom is -0.513 e. The Morgan fingerprint density at radius 3 is 2.00 bits per heavy atom. The smallest absolute Gasteiger partial charge is 0.292 e. The van der Waals surface area contributed by atoms with E-state index in [1.807, 2.05) is 0 Å². The van der Waals surface area contributed by atoms with E-state index in [1.54, 1.807) is 0 Å². The van der Waals surface area contributed by atoms with Crippen molar-refractivity contribution in [1.82, 2.24) is 0 Å². The van der Waals surface area contributed by atoms with Gasteiger partial charge >= 0.3 is 0 Å². The van der Waals surface area contributed by atoms with Crippen LogP contribution in [0.5, 0.6) is 0 Å². The number of allylic oxidation sites excluding steroid dienone is 1. The molecule has 0 bridgehead atoms. The lowest BCUT2D eigenvalue weighted by Crippen LogP contribution is -1.88. The molecule has 0 aromatic carbocycles. The largest absolute Gasteiger partial charge is 0.513 e. The van der Waals surface area contributed by atoms with Crippen LogP contribution in [0.1, 0.15) is 0 Å². The molecule has 0 saturated carbocycles. The molecule has 0 saturated heterocycles. The van der Waals surface area contributed by atoms with E-state index in [4.69, 9.17) is 5.11 Å². The molecule has 7 heavy (non-hydrogen) atoms. The van der Waals surface area contributed by atoms with Gasteiger partial charge in [0.05, 0.1) is 0 Å². The highest BCUT2D eigenvalue weighted by Gasteiger charge is 2.07. The van der Waals surface area contributed by atoms with Crippen LogP contribution in [0.4, 0.5) is 13.2 Å². The van der Waals surface area contributed by atoms with Crippen molar-refractivity contribution in [3.63, 3.8) is 0 Å². The van der Waals surface area contributed by atoms with Gasteiger partial charge in [-0.05, 0) is 0 Å². The molecule has 0 atom stereocenters. The van der Waals surface area contributed by atoms with Crippen LogP contribution in [-0.2, 0) is 0 Å². The molecule has 0 aromatic heterocycles. The molecule has 0 aliphatic carbocycles. The van der Waals surface area contributed by atoms with Crippen molar-refractivity contribution in [1.29, 1.82) is 0 Å². The summed E-state index contributed by atoms with van der Waals surface area (Å²) in [5.74, 6) is -1.81. The minimum atomic E-state index is -3.19. The van der Waals surface area contributed by atoms with Gasteiger partial charge in [-0.15, -0.1) is 0 Å². The zero-order valence-electron chi connectivity index (χ0n) is 3.24. The van der Waals surface area contributed by atoms with E-state index >= 15 is 0 Å². The molecule has 42 valence electrons. The Hall–Kier alpha value is -0.670. The monoisotopic (exact) mass is 112 g/mol. The lowest BCUT2D eigenvalue weighted by Gasteiger charge is -1.86. The molecule has 0 fully saturated rings. The quantitative estimate of drug-likeness (QED) is 0.511. The van der Waals surface area contributed by atoms with E-state index in [9.17, 15) is 13.2 Å². The summed E-state index contributed by atoms with van der Waals surface area (Å²) in [5, 5.41) is 7.49. The molecule has 0 amide bonds. The topological polar surface area (TPSA) is 20.2 Å². The number of alkyl halides is 2. The summed E-state index contributed by atoms with van der Waals surface area (Å²) in [4.78, 5) is 0. The highest BCUT2D eigenvalue weighted by molar-refractivity contribution is 4.86. The van der Waals surface area contributed by atoms with Gasteiger partial charge in [-0.1, -0.05) is 0 Å². The van der Waals surface area contributed by atoms with Gasteiger partial charge in [0, 0.05) is 0 Å². The highest BCUT2D eigenvalue weighted by Crippen LogP contribution is 2.06. The van der Waals surface area contributed by atoms with Gasteiger partial charge in [0.2, 0.25) is 0 Å². The predicted molar refractivity (Wildman–Crippen MR) is 17.8 cm³/mol. The van der Waals surface area contributed by atoms with Crippen molar-refractivity contribution in [3.05, 3.63) is 12.1 Å². The summed E-state index contributed by atoms with van der Waals surface area (Å²) in [7, 11) is 0. The molecular formula is C3H3F3O. The van der Waals surface area contributed by atoms with Crippen molar-refractivity contribution in [2.24, 2.45) is 0 Å². The van der Waals surface area contributed by atoms with E-state index in [1.165, 1.54) is 0 Å². The zero-order chi connectivity index (χ0) is 5.86. The van der Waals surface area contributed by atoms with Crippen LogP contribution in [0.15, 0.2) is 12.1 Å². The number of halogens is 3. The Labute approximate surface area is 38.1 Å². The van der Waals surface area contributed by atoms with Crippen LogP contribution in [-0.4, -0.2) is 11.5 Å². The molecule has 1 N–H and O–H groups in total. The molecule has 0 unspecified atom stereocenters. The van der Waals surface area contributed by atoms with E-state index in [-0.39, 0.29) is 6.26 Å². The Morgan fingerprint density at radius 1 is 1.57 bits per heavy atom. The van der Waals surface area contributed by atoms with Crippen LogP contribution in [0.2, 0.25) is 0 Å². The second-order valence-corrected chi connectivity index (χ2v) is 0.815. The second-order valence-electron chi connectivity index (χ2n) is 0.815. The highest BCUT2D eigenvalue weighted by atomic mass is 19.3. The Kier molecular flexibility index (Phi) is 2.26. The van der Waals surface area contributed by atoms with Crippen LogP contribution in [0.25, 0.3) is 0 Å². The first kappa shape index (κ1) is 6.33. The maximum absolute atomic E-state index is 11.1. The lowest BCUT2D eigenvalue weighted by atomic mass is 10.6. The lowest BCUT2D eigenvalue weighted by molar-refractivity contribution is 0.153. The third-order valence-corrected chi connectivity index (χ3v) is 0.332. The second kappa shape index (κ2) is 2.49. The number of aliphatic hydroxyl groups excluding tert-OH is 1. The van der Waals surface area contributed by atoms with Crippen LogP contribution in [0.3, 0.4) is 0 Å². The number of aliphatic hydroxyl groups is 1. The van der Waals surface area contributed by atoms with E-state index < -0.39 is 12.3 Å². The summed E-state index contributed by atoms with van der Waals surface area (Å²) in [6.45, 7) is 0. The first-order valence-electron chi connectivity index (χ1n) is 1.46. The van der Waals surface area contributed by atoms with Crippen molar-refractivity contribution in [2.75, 3.05) is 0 Å². The molecular weight excluding hydrogens is 109 g/mol. The average Bonchev–Trinajstić information content (AvgIpc) is 1.65. The first-order chi connectivity index (χ1) is 3.18.